The lowest BCUT2D eigenvalue weighted by Crippen LogP contribution is -2.46. The monoisotopic (exact) mass is 441 g/mol. The zero-order chi connectivity index (χ0) is 21.8. The van der Waals surface area contributed by atoms with E-state index in [4.69, 9.17) is 4.74 Å². The summed E-state index contributed by atoms with van der Waals surface area (Å²) in [5, 5.41) is 7.43. The van der Waals surface area contributed by atoms with E-state index < -0.39 is 42.5 Å². The van der Waals surface area contributed by atoms with Crippen LogP contribution in [-0.4, -0.2) is 48.4 Å². The molecule has 0 radical (unpaired) electrons. The van der Waals surface area contributed by atoms with Gasteiger partial charge in [0, 0.05) is 11.4 Å². The van der Waals surface area contributed by atoms with Crippen molar-refractivity contribution in [1.29, 1.82) is 0 Å². The lowest BCUT2D eigenvalue weighted by Gasteiger charge is -2.33. The highest BCUT2D eigenvalue weighted by atomic mass is 32.1. The molecule has 2 heterocycles. The number of carbonyl (C=O) groups is 4. The van der Waals surface area contributed by atoms with Crippen LogP contribution in [0.4, 0.5) is 4.79 Å². The fourth-order valence-corrected chi connectivity index (χ4v) is 4.82. The molecule has 1 atom stereocenters. The van der Waals surface area contributed by atoms with Gasteiger partial charge in [-0.1, -0.05) is 30.3 Å². The first-order valence-electron chi connectivity index (χ1n) is 10.2. The zero-order valence-electron chi connectivity index (χ0n) is 16.9. The van der Waals surface area contributed by atoms with E-state index in [1.807, 2.05) is 41.8 Å². The molecule has 1 aliphatic heterocycles. The lowest BCUT2D eigenvalue weighted by atomic mass is 9.76. The standard InChI is InChI=1S/C22H23N3O5S/c26-18(23-11-9-16-7-4-12-31-16)14-30-19(27)13-25-20(28)22(24-21(25)29)10-3-6-15-5-1-2-8-17(15)22/h1-2,4-5,7-8,12H,3,6,9-11,13-14H2,(H,23,26)(H,24,29)/t22-/m1/s1. The summed E-state index contributed by atoms with van der Waals surface area (Å²) < 4.78 is 4.97. The molecule has 0 bridgehead atoms. The number of hydrogen-bond donors (Lipinski definition) is 2. The summed E-state index contributed by atoms with van der Waals surface area (Å²) in [6, 6.07) is 10.8. The Balaban J connectivity index is 1.30. The molecule has 2 aromatic rings. The van der Waals surface area contributed by atoms with Gasteiger partial charge in [0.05, 0.1) is 0 Å². The van der Waals surface area contributed by atoms with E-state index in [0.717, 1.165) is 33.7 Å². The number of rotatable bonds is 7. The molecule has 8 nitrogen and oxygen atoms in total. The molecule has 2 aliphatic rings. The van der Waals surface area contributed by atoms with Crippen molar-refractivity contribution >= 4 is 35.2 Å². The van der Waals surface area contributed by atoms with Crippen molar-refractivity contribution in [2.75, 3.05) is 19.7 Å². The van der Waals surface area contributed by atoms with Crippen LogP contribution >= 0.6 is 11.3 Å². The van der Waals surface area contributed by atoms with Gasteiger partial charge in [-0.15, -0.1) is 11.3 Å². The van der Waals surface area contributed by atoms with Gasteiger partial charge >= 0.3 is 12.0 Å². The Kier molecular flexibility index (Phi) is 6.03. The van der Waals surface area contributed by atoms with Crippen molar-refractivity contribution in [3.63, 3.8) is 0 Å². The maximum atomic E-state index is 13.1. The molecule has 1 aromatic carbocycles. The number of nitrogens with one attached hydrogen (secondary N) is 2. The Bertz CT molecular complexity index is 1010. The molecule has 1 aromatic heterocycles. The number of esters is 1. The van der Waals surface area contributed by atoms with Crippen molar-refractivity contribution in [3.8, 4) is 0 Å². The number of carbonyl (C=O) groups excluding carboxylic acids is 4. The average molecular weight is 442 g/mol. The molecule has 4 rings (SSSR count). The molecule has 1 saturated heterocycles. The van der Waals surface area contributed by atoms with Crippen LogP contribution in [0.1, 0.15) is 28.8 Å². The predicted octanol–water partition coefficient (Wildman–Crippen LogP) is 1.73. The minimum atomic E-state index is -1.13. The second-order valence-electron chi connectivity index (χ2n) is 7.58. The number of hydrogen-bond acceptors (Lipinski definition) is 6. The van der Waals surface area contributed by atoms with Crippen LogP contribution in [0.25, 0.3) is 0 Å². The van der Waals surface area contributed by atoms with Gasteiger partial charge in [-0.25, -0.2) is 4.79 Å². The normalized spacial score (nSPS) is 19.8. The summed E-state index contributed by atoms with van der Waals surface area (Å²) in [6.07, 6.45) is 2.77. The number of amides is 4. The molecule has 9 heteroatoms. The van der Waals surface area contributed by atoms with Gasteiger partial charge in [0.15, 0.2) is 6.61 Å². The van der Waals surface area contributed by atoms with E-state index in [1.165, 1.54) is 0 Å². The molecule has 31 heavy (non-hydrogen) atoms. The fraction of sp³-hybridized carbons (Fsp3) is 0.364. The second kappa shape index (κ2) is 8.89. The number of ether oxygens (including phenoxy) is 1. The summed E-state index contributed by atoms with van der Waals surface area (Å²) in [7, 11) is 0. The summed E-state index contributed by atoms with van der Waals surface area (Å²) in [5.41, 5.74) is 0.664. The predicted molar refractivity (Wildman–Crippen MR) is 113 cm³/mol. The molecule has 2 N–H and O–H groups in total. The molecule has 1 fully saturated rings. The van der Waals surface area contributed by atoms with Gasteiger partial charge in [0.25, 0.3) is 11.8 Å². The van der Waals surface area contributed by atoms with Crippen LogP contribution in [-0.2, 0) is 37.5 Å². The molecule has 1 spiro atoms. The minimum Gasteiger partial charge on any atom is -0.454 e. The van der Waals surface area contributed by atoms with Crippen molar-refractivity contribution in [2.45, 2.75) is 31.2 Å². The number of benzene rings is 1. The highest BCUT2D eigenvalue weighted by Gasteiger charge is 2.54. The number of fused-ring (bicyclic) bond motifs is 2. The smallest absolute Gasteiger partial charge is 0.326 e. The van der Waals surface area contributed by atoms with Gasteiger partial charge in [-0.3, -0.25) is 19.3 Å². The van der Waals surface area contributed by atoms with E-state index in [9.17, 15) is 19.2 Å². The van der Waals surface area contributed by atoms with Gasteiger partial charge in [0.1, 0.15) is 12.1 Å². The van der Waals surface area contributed by atoms with Crippen molar-refractivity contribution in [2.24, 2.45) is 0 Å². The van der Waals surface area contributed by atoms with Crippen LogP contribution in [0, 0.1) is 0 Å². The van der Waals surface area contributed by atoms with Crippen LogP contribution in [0.3, 0.4) is 0 Å². The van der Waals surface area contributed by atoms with Gasteiger partial charge in [-0.2, -0.15) is 0 Å². The topological polar surface area (TPSA) is 105 Å². The average Bonchev–Trinajstić information content (AvgIpc) is 3.36. The number of aryl methyl sites for hydroxylation is 1. The minimum absolute atomic E-state index is 0.431. The molecular formula is C22H23N3O5S. The third kappa shape index (κ3) is 4.32. The zero-order valence-corrected chi connectivity index (χ0v) is 17.7. The number of nitrogens with zero attached hydrogens (tertiary/aromatic N) is 1. The molecule has 1 aliphatic carbocycles. The first kappa shape index (κ1) is 21.0. The molecule has 4 amide bonds. The lowest BCUT2D eigenvalue weighted by molar-refractivity contribution is -0.151. The summed E-state index contributed by atoms with van der Waals surface area (Å²) in [6.45, 7) is -0.552. The van der Waals surface area contributed by atoms with Crippen LogP contribution < -0.4 is 10.6 Å². The third-order valence-corrected chi connectivity index (χ3v) is 6.51. The fourth-order valence-electron chi connectivity index (χ4n) is 4.11. The highest BCUT2D eigenvalue weighted by Crippen LogP contribution is 2.39. The van der Waals surface area contributed by atoms with Crippen molar-refractivity contribution in [3.05, 3.63) is 57.8 Å². The summed E-state index contributed by atoms with van der Waals surface area (Å²) in [4.78, 5) is 51.7. The van der Waals surface area contributed by atoms with E-state index >= 15 is 0 Å². The summed E-state index contributed by atoms with van der Waals surface area (Å²) >= 11 is 1.60. The molecule has 0 saturated carbocycles. The Morgan fingerprint density at radius 3 is 2.84 bits per heavy atom. The maximum absolute atomic E-state index is 13.1. The van der Waals surface area contributed by atoms with Gasteiger partial charge in [-0.05, 0) is 48.3 Å². The maximum Gasteiger partial charge on any atom is 0.326 e. The van der Waals surface area contributed by atoms with E-state index in [1.54, 1.807) is 11.3 Å². The first-order valence-corrected chi connectivity index (χ1v) is 11.0. The van der Waals surface area contributed by atoms with E-state index in [2.05, 4.69) is 10.6 Å². The quantitative estimate of drug-likeness (QED) is 0.503. The van der Waals surface area contributed by atoms with E-state index in [0.29, 0.717) is 19.4 Å². The van der Waals surface area contributed by atoms with Crippen molar-refractivity contribution < 1.29 is 23.9 Å². The first-order chi connectivity index (χ1) is 15.0. The number of thiophene rings is 1. The number of urea groups is 1. The highest BCUT2D eigenvalue weighted by molar-refractivity contribution is 7.09. The molecule has 162 valence electrons. The second-order valence-corrected chi connectivity index (χ2v) is 8.61. The van der Waals surface area contributed by atoms with E-state index in [-0.39, 0.29) is 0 Å². The Morgan fingerprint density at radius 1 is 1.19 bits per heavy atom. The van der Waals surface area contributed by atoms with Gasteiger partial charge in [0.2, 0.25) is 0 Å². The van der Waals surface area contributed by atoms with Crippen LogP contribution in [0.5, 0.6) is 0 Å². The Morgan fingerprint density at radius 2 is 2.03 bits per heavy atom. The molecular weight excluding hydrogens is 418 g/mol. The van der Waals surface area contributed by atoms with Gasteiger partial charge < -0.3 is 15.4 Å². The third-order valence-electron chi connectivity index (χ3n) is 5.58. The molecule has 0 unspecified atom stereocenters. The largest absolute Gasteiger partial charge is 0.454 e. The van der Waals surface area contributed by atoms with Crippen molar-refractivity contribution in [1.82, 2.24) is 15.5 Å². The van der Waals surface area contributed by atoms with Crippen LogP contribution in [0.2, 0.25) is 0 Å². The number of imide groups is 1. The summed E-state index contributed by atoms with van der Waals surface area (Å²) in [5.74, 6) is -1.69. The SMILES string of the molecule is O=C(COC(=O)CN1C(=O)N[C@@]2(CCCc3ccccc32)C1=O)NCCc1cccs1. The Hall–Kier alpha value is -3.20. The van der Waals surface area contributed by atoms with Crippen LogP contribution in [0.15, 0.2) is 41.8 Å². The Labute approximate surface area is 183 Å².